The molecule has 0 atom stereocenters. The molecule has 1 N–H and O–H groups in total. The molecule has 0 aliphatic rings. The number of aliphatic hydroxyl groups excluding tert-OH is 1. The van der Waals surface area contributed by atoms with Crippen molar-refractivity contribution in [2.75, 3.05) is 12.5 Å². The molecule has 0 bridgehead atoms. The SMILES string of the molecule is CSc1ncc(C=O)c(Cl)n1.CSc1ncc(CO)c(Cl)n1.[O]=[Mn]=[O]. The van der Waals surface area contributed by atoms with E-state index in [1.807, 2.05) is 12.5 Å². The van der Waals surface area contributed by atoms with Crippen molar-refractivity contribution >= 4 is 53.0 Å². The van der Waals surface area contributed by atoms with E-state index >= 15 is 0 Å². The Bertz CT molecular complexity index is 736. The van der Waals surface area contributed by atoms with Gasteiger partial charge in [-0.2, -0.15) is 0 Å². The van der Waals surface area contributed by atoms with Gasteiger partial charge in [-0.3, -0.25) is 4.79 Å². The molecule has 2 aromatic rings. The Labute approximate surface area is 168 Å². The summed E-state index contributed by atoms with van der Waals surface area (Å²) in [6, 6.07) is 0. The van der Waals surface area contributed by atoms with Crippen LogP contribution in [-0.2, 0) is 29.1 Å². The van der Waals surface area contributed by atoms with Gasteiger partial charge in [0.05, 0.1) is 12.2 Å². The first-order valence-electron chi connectivity index (χ1n) is 6.04. The Balaban J connectivity index is 0.000000399. The zero-order chi connectivity index (χ0) is 19.2. The molecule has 0 fully saturated rings. The Morgan fingerprint density at radius 1 is 1.08 bits per heavy atom. The summed E-state index contributed by atoms with van der Waals surface area (Å²) in [5.41, 5.74) is 0.883. The third-order valence-electron chi connectivity index (χ3n) is 2.20. The molecule has 25 heavy (non-hydrogen) atoms. The third-order valence-corrected chi connectivity index (χ3v) is 3.95. The number of nitrogens with zero attached hydrogens (tertiary/aromatic N) is 4. The number of aromatic nitrogens is 4. The quantitative estimate of drug-likeness (QED) is 0.237. The first-order valence-corrected chi connectivity index (χ1v) is 10.2. The van der Waals surface area contributed by atoms with E-state index in [1.165, 1.54) is 35.9 Å². The topological polar surface area (TPSA) is 123 Å². The van der Waals surface area contributed by atoms with Crippen LogP contribution in [-0.4, -0.2) is 43.8 Å². The van der Waals surface area contributed by atoms with Crippen LogP contribution in [0.15, 0.2) is 22.7 Å². The van der Waals surface area contributed by atoms with Gasteiger partial charge in [-0.05, 0) is 12.5 Å². The van der Waals surface area contributed by atoms with E-state index in [0.29, 0.717) is 32.9 Å². The minimum atomic E-state index is -1.44. The van der Waals surface area contributed by atoms with E-state index in [4.69, 9.17) is 36.0 Å². The third kappa shape index (κ3) is 9.45. The Morgan fingerprint density at radius 3 is 1.92 bits per heavy atom. The number of halogens is 2. The first kappa shape index (κ1) is 24.2. The number of aliphatic hydroxyl groups is 1. The summed E-state index contributed by atoms with van der Waals surface area (Å²) >= 11 is 12.7. The molecule has 0 aromatic carbocycles. The summed E-state index contributed by atoms with van der Waals surface area (Å²) in [4.78, 5) is 25.8. The maximum atomic E-state index is 10.3. The van der Waals surface area contributed by atoms with Crippen LogP contribution in [0.25, 0.3) is 0 Å². The number of hydrogen-bond acceptors (Lipinski definition) is 10. The number of rotatable bonds is 4. The molecule has 8 nitrogen and oxygen atoms in total. The second-order valence-electron chi connectivity index (χ2n) is 3.61. The van der Waals surface area contributed by atoms with Crippen LogP contribution < -0.4 is 0 Å². The van der Waals surface area contributed by atoms with Crippen molar-refractivity contribution in [3.63, 3.8) is 0 Å². The number of thioether (sulfide) groups is 2. The monoisotopic (exact) mass is 465 g/mol. The van der Waals surface area contributed by atoms with Crippen LogP contribution in [0.4, 0.5) is 0 Å². The van der Waals surface area contributed by atoms with Gasteiger partial charge in [-0.25, -0.2) is 19.9 Å². The Morgan fingerprint density at radius 2 is 1.56 bits per heavy atom. The fourth-order valence-corrected chi connectivity index (χ4v) is 2.25. The zero-order valence-corrected chi connectivity index (χ0v) is 17.2. The molecule has 0 unspecified atom stereocenters. The number of carbonyl (C=O) groups is 1. The van der Waals surface area contributed by atoms with E-state index in [0.717, 1.165) is 0 Å². The molecule has 2 heterocycles. The van der Waals surface area contributed by atoms with Gasteiger partial charge in [0.25, 0.3) is 0 Å². The normalized spacial score (nSPS) is 9.16. The molecule has 0 saturated heterocycles. The van der Waals surface area contributed by atoms with E-state index in [-0.39, 0.29) is 11.8 Å². The van der Waals surface area contributed by atoms with Gasteiger partial charge in [0, 0.05) is 18.0 Å². The molecule has 0 spiro atoms. The van der Waals surface area contributed by atoms with Crippen LogP contribution in [0.5, 0.6) is 0 Å². The van der Waals surface area contributed by atoms with Crippen molar-refractivity contribution in [3.05, 3.63) is 33.8 Å². The van der Waals surface area contributed by atoms with Crippen molar-refractivity contribution in [2.24, 2.45) is 0 Å². The van der Waals surface area contributed by atoms with Crippen molar-refractivity contribution in [3.8, 4) is 0 Å². The van der Waals surface area contributed by atoms with Crippen LogP contribution >= 0.6 is 46.7 Å². The summed E-state index contributed by atoms with van der Waals surface area (Å²) in [6.07, 6.45) is 7.28. The van der Waals surface area contributed by atoms with E-state index < -0.39 is 14.8 Å². The molecule has 13 heteroatoms. The standard InChI is InChI=1S/C6H7ClN2OS.C6H5ClN2OS.Mn.2O/c2*1-11-6-8-2-4(3-10)5(7)9-6;;;/h2,10H,3H2,1H3;2-3H,1H3;;;. The number of aldehydes is 1. The van der Waals surface area contributed by atoms with Gasteiger partial charge in [0.2, 0.25) is 0 Å². The van der Waals surface area contributed by atoms with Crippen molar-refractivity contribution in [1.29, 1.82) is 0 Å². The van der Waals surface area contributed by atoms with E-state index in [9.17, 15) is 4.79 Å². The van der Waals surface area contributed by atoms with Gasteiger partial charge < -0.3 is 5.11 Å². The summed E-state index contributed by atoms with van der Waals surface area (Å²) in [5.74, 6) is 0. The molecule has 137 valence electrons. The van der Waals surface area contributed by atoms with Gasteiger partial charge >= 0.3 is 22.5 Å². The minimum absolute atomic E-state index is 0.118. The molecule has 0 aliphatic heterocycles. The summed E-state index contributed by atoms with van der Waals surface area (Å²) < 4.78 is 16.8. The van der Waals surface area contributed by atoms with Crippen LogP contribution in [0.3, 0.4) is 0 Å². The maximum absolute atomic E-state index is 10.3. The predicted molar refractivity (Wildman–Crippen MR) is 90.3 cm³/mol. The molecule has 0 saturated carbocycles. The molecule has 0 aliphatic carbocycles. The summed E-state index contributed by atoms with van der Waals surface area (Å²) in [5, 5.41) is 10.4. The predicted octanol–water partition coefficient (Wildman–Crippen LogP) is 2.77. The second kappa shape index (κ2) is 14.4. The summed E-state index contributed by atoms with van der Waals surface area (Å²) in [7, 11) is 0. The van der Waals surface area contributed by atoms with Crippen LogP contribution in [0.2, 0.25) is 10.3 Å². The van der Waals surface area contributed by atoms with E-state index in [1.54, 1.807) is 0 Å². The van der Waals surface area contributed by atoms with Crippen LogP contribution in [0, 0.1) is 0 Å². The average Bonchev–Trinajstić information content (AvgIpc) is 2.62. The second-order valence-corrected chi connectivity index (χ2v) is 6.07. The fraction of sp³-hybridized carbons (Fsp3) is 0.250. The van der Waals surface area contributed by atoms with Gasteiger partial charge in [-0.15, -0.1) is 0 Å². The first-order chi connectivity index (χ1) is 12.0. The van der Waals surface area contributed by atoms with Gasteiger partial charge in [-0.1, -0.05) is 46.7 Å². The van der Waals surface area contributed by atoms with Gasteiger partial charge in [0.15, 0.2) is 16.6 Å². The van der Waals surface area contributed by atoms with Gasteiger partial charge in [0.1, 0.15) is 10.3 Å². The molecular formula is C12H12Cl2MnN4O4S2. The van der Waals surface area contributed by atoms with Crippen LogP contribution in [0.1, 0.15) is 15.9 Å². The van der Waals surface area contributed by atoms with E-state index in [2.05, 4.69) is 19.9 Å². The molecular weight excluding hydrogens is 454 g/mol. The molecule has 0 radical (unpaired) electrons. The molecule has 0 amide bonds. The fourth-order valence-electron chi connectivity index (χ4n) is 1.11. The summed E-state index contributed by atoms with van der Waals surface area (Å²) in [6.45, 7) is -0.118. The Kier molecular flexibility index (Phi) is 13.9. The van der Waals surface area contributed by atoms with Crippen molar-refractivity contribution in [1.82, 2.24) is 19.9 Å². The van der Waals surface area contributed by atoms with Crippen molar-refractivity contribution in [2.45, 2.75) is 16.9 Å². The molecule has 2 rings (SSSR count). The number of carbonyl (C=O) groups excluding carboxylic acids is 1. The molecule has 2 aromatic heterocycles. The average molecular weight is 466 g/mol. The Hall–Kier alpha value is -0.811. The van der Waals surface area contributed by atoms with Crippen molar-refractivity contribution < 1.29 is 32.4 Å². The zero-order valence-electron chi connectivity index (χ0n) is 12.9. The number of hydrogen-bond donors (Lipinski definition) is 1.